The maximum atomic E-state index is 13.5. The lowest BCUT2D eigenvalue weighted by Gasteiger charge is -2.32. The van der Waals surface area contributed by atoms with Crippen LogP contribution in [-0.2, 0) is 26.5 Å². The molecule has 166 valence electrons. The summed E-state index contributed by atoms with van der Waals surface area (Å²) in [4.78, 5) is 11.4. The average Bonchev–Trinajstić information content (AvgIpc) is 2.77. The number of carbonyl (C=O) groups excluding carboxylic acids is 1. The molecule has 0 spiro atoms. The van der Waals surface area contributed by atoms with Gasteiger partial charge in [0.05, 0.1) is 22.3 Å². The number of hydrogen-bond donors (Lipinski definition) is 0. The van der Waals surface area contributed by atoms with E-state index in [0.29, 0.717) is 18.2 Å². The lowest BCUT2D eigenvalue weighted by molar-refractivity contribution is -0.143. The minimum atomic E-state index is -5.01. The maximum Gasteiger partial charge on any atom is 0.491 e. The Kier molecular flexibility index (Phi) is 6.81. The molecule has 2 rings (SSSR count). The van der Waals surface area contributed by atoms with Gasteiger partial charge < -0.3 is 9.31 Å². The van der Waals surface area contributed by atoms with Crippen LogP contribution < -0.4 is 0 Å². The van der Waals surface area contributed by atoms with E-state index < -0.39 is 47.4 Å². The van der Waals surface area contributed by atoms with E-state index in [4.69, 9.17) is 9.31 Å². The van der Waals surface area contributed by atoms with Gasteiger partial charge in [0.15, 0.2) is 5.12 Å². The minimum Gasteiger partial charge on any atom is -0.400 e. The molecule has 30 heavy (non-hydrogen) atoms. The summed E-state index contributed by atoms with van der Waals surface area (Å²) in [5, 5.41) is -0.349. The molecule has 1 aromatic rings. The summed E-state index contributed by atoms with van der Waals surface area (Å²) in [5.41, 5.74) is -5.64. The number of rotatable bonds is 4. The van der Waals surface area contributed by atoms with E-state index in [1.807, 2.05) is 0 Å². The molecule has 1 heterocycles. The summed E-state index contributed by atoms with van der Waals surface area (Å²) < 4.78 is 92.5. The van der Waals surface area contributed by atoms with Crippen molar-refractivity contribution in [3.8, 4) is 0 Å². The van der Waals surface area contributed by atoms with Crippen LogP contribution in [0.15, 0.2) is 23.7 Å². The maximum absolute atomic E-state index is 13.5. The first-order valence-electron chi connectivity index (χ1n) is 8.92. The van der Waals surface area contributed by atoms with Crippen molar-refractivity contribution in [2.24, 2.45) is 0 Å². The van der Waals surface area contributed by atoms with Gasteiger partial charge in [0.25, 0.3) is 0 Å². The molecular weight excluding hydrogens is 433 g/mol. The molecule has 0 N–H and O–H groups in total. The molecule has 0 saturated carbocycles. The third kappa shape index (κ3) is 5.42. The molecule has 0 atom stereocenters. The van der Waals surface area contributed by atoms with Gasteiger partial charge in [-0.05, 0) is 50.9 Å². The van der Waals surface area contributed by atoms with Crippen LogP contribution in [0.5, 0.6) is 0 Å². The highest BCUT2D eigenvalue weighted by molar-refractivity contribution is 8.13. The third-order valence-electron chi connectivity index (χ3n) is 5.04. The third-order valence-corrected chi connectivity index (χ3v) is 5.93. The Balaban J connectivity index is 2.68. The number of hydrogen-bond acceptors (Lipinski definition) is 4. The van der Waals surface area contributed by atoms with Crippen LogP contribution in [0.25, 0.3) is 6.08 Å². The molecule has 11 heteroatoms. The summed E-state index contributed by atoms with van der Waals surface area (Å²) in [5.74, 6) is -0.185. The Labute approximate surface area is 175 Å². The second-order valence-corrected chi connectivity index (χ2v) is 9.00. The van der Waals surface area contributed by atoms with Crippen LogP contribution in [0.1, 0.15) is 51.3 Å². The summed E-state index contributed by atoms with van der Waals surface area (Å²) in [6.45, 7) is 8.06. The zero-order valence-corrected chi connectivity index (χ0v) is 17.8. The van der Waals surface area contributed by atoms with Crippen molar-refractivity contribution in [2.45, 2.75) is 58.2 Å². The van der Waals surface area contributed by atoms with E-state index in [1.165, 1.54) is 6.92 Å². The van der Waals surface area contributed by atoms with Crippen molar-refractivity contribution in [1.82, 2.24) is 0 Å². The zero-order chi connectivity index (χ0) is 23.1. The van der Waals surface area contributed by atoms with E-state index in [9.17, 15) is 31.1 Å². The number of halogens is 6. The summed E-state index contributed by atoms with van der Waals surface area (Å²) in [6, 6.07) is 1.88. The predicted molar refractivity (Wildman–Crippen MR) is 104 cm³/mol. The summed E-state index contributed by atoms with van der Waals surface area (Å²) in [6.07, 6.45) is -9.24. The monoisotopic (exact) mass is 454 g/mol. The fourth-order valence-electron chi connectivity index (χ4n) is 2.76. The minimum absolute atomic E-state index is 0.00366. The van der Waals surface area contributed by atoms with Gasteiger partial charge in [0, 0.05) is 12.7 Å². The van der Waals surface area contributed by atoms with E-state index in [2.05, 4.69) is 0 Å². The lowest BCUT2D eigenvalue weighted by atomic mass is 9.77. The Hall–Kier alpha value is -1.46. The number of alkyl halides is 6. The number of thioether (sulfide) groups is 1. The van der Waals surface area contributed by atoms with Crippen LogP contribution in [0, 0.1) is 0 Å². The fraction of sp³-hybridized carbons (Fsp3) is 0.526. The highest BCUT2D eigenvalue weighted by Gasteiger charge is 2.52. The lowest BCUT2D eigenvalue weighted by Crippen LogP contribution is -2.41. The summed E-state index contributed by atoms with van der Waals surface area (Å²) in [7, 11) is -1.20. The molecule has 1 aliphatic heterocycles. The van der Waals surface area contributed by atoms with E-state index in [1.54, 1.807) is 27.7 Å². The standard InChI is InChI=1S/C19H21BF6O3S/c1-11(27)30-10-12(20-28-16(2,3)17(4,5)29-20)9-13-14(18(21,22)23)7-6-8-15(13)19(24,25)26/h6-9H,10H2,1-5H3. The molecule has 0 bridgehead atoms. The SMILES string of the molecule is CC(=O)SCC(=Cc1c(C(F)(F)F)cccc1C(F)(F)F)B1OC(C)(C)C(C)(C)O1. The average molecular weight is 454 g/mol. The van der Waals surface area contributed by atoms with Crippen LogP contribution >= 0.6 is 11.8 Å². The highest BCUT2D eigenvalue weighted by Crippen LogP contribution is 2.43. The zero-order valence-electron chi connectivity index (χ0n) is 17.0. The quantitative estimate of drug-likeness (QED) is 0.412. The molecular formula is C19H21BF6O3S. The molecule has 1 aromatic carbocycles. The van der Waals surface area contributed by atoms with Crippen LogP contribution in [0.4, 0.5) is 26.3 Å². The molecule has 0 unspecified atom stereocenters. The molecule has 0 amide bonds. The highest BCUT2D eigenvalue weighted by atomic mass is 32.2. The molecule has 1 saturated heterocycles. The largest absolute Gasteiger partial charge is 0.491 e. The first-order chi connectivity index (χ1) is 13.5. The van der Waals surface area contributed by atoms with Gasteiger partial charge in [-0.25, -0.2) is 0 Å². The Morgan fingerprint density at radius 3 is 1.80 bits per heavy atom. The number of carbonyl (C=O) groups is 1. The molecule has 1 aliphatic rings. The molecule has 0 radical (unpaired) electrons. The molecule has 3 nitrogen and oxygen atoms in total. The fourth-order valence-corrected chi connectivity index (χ4v) is 3.35. The molecule has 0 aromatic heterocycles. The smallest absolute Gasteiger partial charge is 0.400 e. The van der Waals surface area contributed by atoms with Gasteiger partial charge in [0.1, 0.15) is 0 Å². The van der Waals surface area contributed by atoms with Gasteiger partial charge in [0.2, 0.25) is 0 Å². The van der Waals surface area contributed by atoms with Crippen molar-refractivity contribution >= 4 is 30.1 Å². The summed E-state index contributed by atoms with van der Waals surface area (Å²) >= 11 is 0.743. The second-order valence-electron chi connectivity index (χ2n) is 7.85. The van der Waals surface area contributed by atoms with Gasteiger partial charge in [-0.15, -0.1) is 0 Å². The van der Waals surface area contributed by atoms with Crippen molar-refractivity contribution in [1.29, 1.82) is 0 Å². The van der Waals surface area contributed by atoms with Crippen LogP contribution in [0.3, 0.4) is 0 Å². The normalized spacial score (nSPS) is 19.3. The molecule has 1 fully saturated rings. The first-order valence-corrected chi connectivity index (χ1v) is 9.91. The Morgan fingerprint density at radius 1 is 1.00 bits per heavy atom. The van der Waals surface area contributed by atoms with Crippen LogP contribution in [-0.4, -0.2) is 29.2 Å². The van der Waals surface area contributed by atoms with E-state index >= 15 is 0 Å². The van der Waals surface area contributed by atoms with Gasteiger partial charge >= 0.3 is 19.5 Å². The van der Waals surface area contributed by atoms with Crippen molar-refractivity contribution < 1.29 is 40.4 Å². The molecule has 0 aliphatic carbocycles. The topological polar surface area (TPSA) is 35.5 Å². The van der Waals surface area contributed by atoms with Crippen molar-refractivity contribution in [3.05, 3.63) is 40.4 Å². The first kappa shape index (κ1) is 24.8. The number of benzene rings is 1. The van der Waals surface area contributed by atoms with Crippen molar-refractivity contribution in [3.63, 3.8) is 0 Å². The van der Waals surface area contributed by atoms with Gasteiger partial charge in [-0.3, -0.25) is 4.79 Å². The second kappa shape index (κ2) is 8.24. The van der Waals surface area contributed by atoms with E-state index in [-0.39, 0.29) is 16.3 Å². The Bertz CT molecular complexity index is 797. The van der Waals surface area contributed by atoms with Crippen molar-refractivity contribution in [2.75, 3.05) is 5.75 Å². The van der Waals surface area contributed by atoms with E-state index in [0.717, 1.165) is 17.8 Å². The predicted octanol–water partition coefficient (Wildman–Crippen LogP) is 6.02. The van der Waals surface area contributed by atoms with Gasteiger partial charge in [-0.1, -0.05) is 23.9 Å². The van der Waals surface area contributed by atoms with Gasteiger partial charge in [-0.2, -0.15) is 26.3 Å². The van der Waals surface area contributed by atoms with Crippen LogP contribution in [0.2, 0.25) is 0 Å². The Morgan fingerprint density at radius 2 is 1.43 bits per heavy atom.